The van der Waals surface area contributed by atoms with Gasteiger partial charge in [-0.1, -0.05) is 77.9 Å². The summed E-state index contributed by atoms with van der Waals surface area (Å²) < 4.78 is 10.0. The lowest BCUT2D eigenvalue weighted by molar-refractivity contribution is -0.133. The van der Waals surface area contributed by atoms with Crippen molar-refractivity contribution in [1.29, 1.82) is 0 Å². The molecule has 324 valence electrons. The van der Waals surface area contributed by atoms with E-state index in [0.717, 1.165) is 16.3 Å². The van der Waals surface area contributed by atoms with Crippen molar-refractivity contribution in [1.82, 2.24) is 45.8 Å². The molecule has 16 nitrogen and oxygen atoms in total. The summed E-state index contributed by atoms with van der Waals surface area (Å²) in [7, 11) is 2.83. The SMILES string of the molecule is COCc1nc(CN2CCN([C@H](C(=O)N[C@@H](Cc3ccccc3)[C@@H](O)CN(Cc3csc(-c4ccccn4)n3)NC(=O)[C@@H](NC(=O)OC)C(C)(C)C)C(C)(C)C)C2=O)cs1. The fraction of sp³-hybridized carbons (Fsp3) is 0.500. The van der Waals surface area contributed by atoms with Crippen molar-refractivity contribution in [2.24, 2.45) is 10.8 Å². The minimum atomic E-state index is -1.25. The van der Waals surface area contributed by atoms with Crippen molar-refractivity contribution < 1.29 is 33.8 Å². The molecule has 1 aliphatic heterocycles. The number of thiazole rings is 2. The number of amides is 5. The summed E-state index contributed by atoms with van der Waals surface area (Å²) in [5, 5.41) is 24.7. The Balaban J connectivity index is 1.40. The second kappa shape index (κ2) is 20.5. The topological polar surface area (TPSA) is 191 Å². The number of hydrogen-bond donors (Lipinski definition) is 4. The molecule has 1 fully saturated rings. The van der Waals surface area contributed by atoms with Crippen LogP contribution in [0.5, 0.6) is 0 Å². The maximum absolute atomic E-state index is 14.6. The number of ether oxygens (including phenoxy) is 2. The van der Waals surface area contributed by atoms with E-state index in [-0.39, 0.29) is 25.5 Å². The van der Waals surface area contributed by atoms with Crippen LogP contribution in [0.4, 0.5) is 9.59 Å². The molecular weight excluding hydrogens is 807 g/mol. The molecule has 0 bridgehead atoms. The zero-order valence-electron chi connectivity index (χ0n) is 35.5. The first-order valence-corrected chi connectivity index (χ1v) is 21.5. The molecule has 1 saturated heterocycles. The van der Waals surface area contributed by atoms with Crippen LogP contribution in [-0.2, 0) is 45.2 Å². The lowest BCUT2D eigenvalue weighted by Crippen LogP contribution is -2.61. The van der Waals surface area contributed by atoms with Gasteiger partial charge in [0.05, 0.1) is 56.0 Å². The van der Waals surface area contributed by atoms with E-state index >= 15 is 0 Å². The number of hydrogen-bond acceptors (Lipinski definition) is 13. The zero-order chi connectivity index (χ0) is 43.6. The number of nitrogens with one attached hydrogen (secondary N) is 3. The molecule has 4 N–H and O–H groups in total. The van der Waals surface area contributed by atoms with Gasteiger partial charge in [-0.05, 0) is 34.9 Å². The van der Waals surface area contributed by atoms with Crippen LogP contribution in [0.25, 0.3) is 10.7 Å². The largest absolute Gasteiger partial charge is 0.453 e. The molecule has 60 heavy (non-hydrogen) atoms. The Morgan fingerprint density at radius 1 is 0.900 bits per heavy atom. The lowest BCUT2D eigenvalue weighted by Gasteiger charge is -2.38. The van der Waals surface area contributed by atoms with Crippen molar-refractivity contribution in [3.8, 4) is 10.7 Å². The number of hydrazine groups is 1. The quantitative estimate of drug-likeness (QED) is 0.100. The zero-order valence-corrected chi connectivity index (χ0v) is 37.1. The average Bonchev–Trinajstić information content (AvgIpc) is 3.94. The summed E-state index contributed by atoms with van der Waals surface area (Å²) in [6.45, 7) is 12.5. The van der Waals surface area contributed by atoms with Crippen LogP contribution in [0.3, 0.4) is 0 Å². The summed E-state index contributed by atoms with van der Waals surface area (Å²) >= 11 is 2.86. The Hall–Kier alpha value is -5.01. The number of rotatable bonds is 18. The molecule has 1 aromatic carbocycles. The van der Waals surface area contributed by atoms with Gasteiger partial charge in [-0.3, -0.25) is 20.0 Å². The number of carbonyl (C=O) groups excluding carboxylic acids is 4. The van der Waals surface area contributed by atoms with E-state index in [4.69, 9.17) is 14.5 Å². The molecule has 0 saturated carbocycles. The first kappa shape index (κ1) is 46.1. The van der Waals surface area contributed by atoms with Gasteiger partial charge in [-0.25, -0.2) is 24.6 Å². The highest BCUT2D eigenvalue weighted by atomic mass is 32.1. The molecular formula is C42H57N9O7S2. The number of pyridine rings is 1. The van der Waals surface area contributed by atoms with Gasteiger partial charge >= 0.3 is 12.1 Å². The number of aromatic nitrogens is 3. The summed E-state index contributed by atoms with van der Waals surface area (Å²) in [5.74, 6) is -0.958. The van der Waals surface area contributed by atoms with Crippen LogP contribution in [0, 0.1) is 10.8 Å². The first-order chi connectivity index (χ1) is 28.5. The van der Waals surface area contributed by atoms with E-state index in [1.165, 1.54) is 34.8 Å². The van der Waals surface area contributed by atoms with Crippen molar-refractivity contribution in [3.63, 3.8) is 0 Å². The van der Waals surface area contributed by atoms with Gasteiger partial charge in [0.1, 0.15) is 22.1 Å². The van der Waals surface area contributed by atoms with Crippen molar-refractivity contribution in [2.45, 2.75) is 91.9 Å². The van der Waals surface area contributed by atoms with Crippen molar-refractivity contribution >= 4 is 46.6 Å². The van der Waals surface area contributed by atoms with Gasteiger partial charge in [0.15, 0.2) is 0 Å². The monoisotopic (exact) mass is 863 g/mol. The van der Waals surface area contributed by atoms with E-state index in [1.54, 1.807) is 23.1 Å². The molecule has 4 atom stereocenters. The Morgan fingerprint density at radius 2 is 1.62 bits per heavy atom. The fourth-order valence-corrected chi connectivity index (χ4v) is 8.51. The molecule has 4 heterocycles. The summed E-state index contributed by atoms with van der Waals surface area (Å²) in [6, 6.07) is 12.0. The second-order valence-corrected chi connectivity index (χ2v) is 18.7. The van der Waals surface area contributed by atoms with E-state index in [9.17, 15) is 24.3 Å². The number of aliphatic hydroxyl groups excluding tert-OH is 1. The van der Waals surface area contributed by atoms with E-state index in [0.29, 0.717) is 42.6 Å². The highest BCUT2D eigenvalue weighted by molar-refractivity contribution is 7.13. The van der Waals surface area contributed by atoms with E-state index in [2.05, 4.69) is 26.0 Å². The standard InChI is InChI=1S/C42H57N9O7S2/c1-41(2,3)34(47-39(55)58-8)36(53)48-50(22-29-26-60-38(45-29)30-16-12-13-17-43-30)23-32(52)31(20-27-14-10-9-11-15-27)46-37(54)35(42(4,5)6)51-19-18-49(40(51)56)21-28-25-59-33(44-28)24-57-7/h9-17,25-26,31-32,34-35,52H,18-24H2,1-8H3,(H,46,54)(H,47,55)(H,48,53)/t31-,32-,34+,35+/m0/s1. The number of nitrogens with zero attached hydrogens (tertiary/aromatic N) is 6. The van der Waals surface area contributed by atoms with Gasteiger partial charge < -0.3 is 35.0 Å². The third-order valence-electron chi connectivity index (χ3n) is 9.86. The molecule has 0 radical (unpaired) electrons. The predicted octanol–water partition coefficient (Wildman–Crippen LogP) is 4.85. The Labute approximate surface area is 359 Å². The van der Waals surface area contributed by atoms with Crippen LogP contribution in [0.15, 0.2) is 65.5 Å². The smallest absolute Gasteiger partial charge is 0.407 e. The number of alkyl carbamates (subject to hydrolysis) is 1. The number of carbonyl (C=O) groups is 4. The minimum Gasteiger partial charge on any atom is -0.453 e. The molecule has 0 aliphatic carbocycles. The molecule has 1 aliphatic rings. The fourth-order valence-electron chi connectivity index (χ4n) is 6.97. The molecule has 18 heteroatoms. The van der Waals surface area contributed by atoms with Crippen LogP contribution in [0.2, 0.25) is 0 Å². The third-order valence-corrected chi connectivity index (χ3v) is 11.6. The van der Waals surface area contributed by atoms with Gasteiger partial charge in [0.25, 0.3) is 5.91 Å². The maximum Gasteiger partial charge on any atom is 0.407 e. The average molecular weight is 864 g/mol. The Morgan fingerprint density at radius 3 is 2.27 bits per heavy atom. The van der Waals surface area contributed by atoms with Crippen LogP contribution in [0.1, 0.15) is 63.5 Å². The summed E-state index contributed by atoms with van der Waals surface area (Å²) in [4.78, 5) is 71.9. The first-order valence-electron chi connectivity index (χ1n) is 19.7. The second-order valence-electron chi connectivity index (χ2n) is 16.9. The maximum atomic E-state index is 14.6. The predicted molar refractivity (Wildman–Crippen MR) is 229 cm³/mol. The number of benzene rings is 1. The highest BCUT2D eigenvalue weighted by Gasteiger charge is 2.44. The summed E-state index contributed by atoms with van der Waals surface area (Å²) in [6.07, 6.45) is -0.0886. The molecule has 3 aromatic heterocycles. The molecule has 0 spiro atoms. The van der Waals surface area contributed by atoms with Crippen molar-refractivity contribution in [2.75, 3.05) is 33.9 Å². The van der Waals surface area contributed by atoms with E-state index in [1.807, 2.05) is 101 Å². The van der Waals surface area contributed by atoms with Gasteiger partial charge in [-0.15, -0.1) is 22.7 Å². The lowest BCUT2D eigenvalue weighted by atomic mass is 9.84. The van der Waals surface area contributed by atoms with Crippen LogP contribution >= 0.6 is 22.7 Å². The minimum absolute atomic E-state index is 0.0713. The molecule has 5 rings (SSSR count). The number of aliphatic hydroxyl groups is 1. The number of methoxy groups -OCH3 is 2. The normalized spacial score (nSPS) is 15.4. The van der Waals surface area contributed by atoms with E-state index < -0.39 is 53.0 Å². The third kappa shape index (κ3) is 12.5. The molecule has 5 amide bonds. The van der Waals surface area contributed by atoms with Gasteiger partial charge in [0, 0.05) is 43.7 Å². The number of urea groups is 1. The van der Waals surface area contributed by atoms with Gasteiger partial charge in [0.2, 0.25) is 5.91 Å². The highest BCUT2D eigenvalue weighted by Crippen LogP contribution is 2.30. The summed E-state index contributed by atoms with van der Waals surface area (Å²) in [5.41, 5.74) is 4.41. The van der Waals surface area contributed by atoms with Gasteiger partial charge in [-0.2, -0.15) is 0 Å². The van der Waals surface area contributed by atoms with Crippen LogP contribution in [-0.4, -0.2) is 117 Å². The molecule has 4 aromatic rings. The van der Waals surface area contributed by atoms with Crippen molar-refractivity contribution in [3.05, 3.63) is 87.4 Å². The Bertz CT molecular complexity index is 2040. The Kier molecular flexibility index (Phi) is 15.7. The molecule has 0 unspecified atom stereocenters. The van der Waals surface area contributed by atoms with Crippen LogP contribution < -0.4 is 16.1 Å².